The SMILES string of the molecule is COc1ccccc1[C@@H]1CN(C(=O)c2cccs2)C[C@@H]1C(=O)NCc1ccc2c(c1)OCO2. The molecule has 1 aromatic heterocycles. The molecule has 1 fully saturated rings. The van der Waals surface area contributed by atoms with Crippen molar-refractivity contribution in [3.05, 3.63) is 76.0 Å². The Morgan fingerprint density at radius 2 is 1.94 bits per heavy atom. The number of hydrogen-bond acceptors (Lipinski definition) is 6. The number of nitrogens with one attached hydrogen (secondary N) is 1. The average molecular weight is 465 g/mol. The van der Waals surface area contributed by atoms with Crippen molar-refractivity contribution >= 4 is 23.2 Å². The second kappa shape index (κ2) is 9.15. The fourth-order valence-corrected chi connectivity index (χ4v) is 5.14. The van der Waals surface area contributed by atoms with E-state index in [0.29, 0.717) is 36.0 Å². The van der Waals surface area contributed by atoms with Crippen LogP contribution in [0, 0.1) is 5.92 Å². The molecule has 3 heterocycles. The fraction of sp³-hybridized carbons (Fsp3) is 0.280. The lowest BCUT2D eigenvalue weighted by Gasteiger charge is -2.20. The molecule has 2 atom stereocenters. The molecular weight excluding hydrogens is 440 g/mol. The van der Waals surface area contributed by atoms with Crippen LogP contribution in [-0.4, -0.2) is 43.7 Å². The Kier molecular flexibility index (Phi) is 5.92. The van der Waals surface area contributed by atoms with Crippen molar-refractivity contribution in [1.82, 2.24) is 10.2 Å². The summed E-state index contributed by atoms with van der Waals surface area (Å²) in [6.07, 6.45) is 0. The summed E-state index contributed by atoms with van der Waals surface area (Å²) in [5.74, 6) is 1.42. The number of hydrogen-bond donors (Lipinski definition) is 1. The van der Waals surface area contributed by atoms with Gasteiger partial charge in [0.15, 0.2) is 11.5 Å². The van der Waals surface area contributed by atoms with E-state index in [1.165, 1.54) is 11.3 Å². The van der Waals surface area contributed by atoms with E-state index in [1.54, 1.807) is 12.0 Å². The van der Waals surface area contributed by atoms with Crippen molar-refractivity contribution in [2.45, 2.75) is 12.5 Å². The van der Waals surface area contributed by atoms with Gasteiger partial charge in [-0.15, -0.1) is 11.3 Å². The van der Waals surface area contributed by atoms with Crippen LogP contribution in [0.25, 0.3) is 0 Å². The quantitative estimate of drug-likeness (QED) is 0.603. The highest BCUT2D eigenvalue weighted by Gasteiger charge is 2.41. The molecule has 0 spiro atoms. The van der Waals surface area contributed by atoms with Crippen LogP contribution in [0.1, 0.15) is 26.7 Å². The molecule has 5 rings (SSSR count). The van der Waals surface area contributed by atoms with Gasteiger partial charge in [-0.2, -0.15) is 0 Å². The van der Waals surface area contributed by atoms with Gasteiger partial charge < -0.3 is 24.4 Å². The maximum Gasteiger partial charge on any atom is 0.263 e. The number of likely N-dealkylation sites (tertiary alicyclic amines) is 1. The summed E-state index contributed by atoms with van der Waals surface area (Å²) >= 11 is 1.41. The van der Waals surface area contributed by atoms with Gasteiger partial charge in [-0.1, -0.05) is 30.3 Å². The van der Waals surface area contributed by atoms with Crippen LogP contribution < -0.4 is 19.5 Å². The molecule has 7 nitrogen and oxygen atoms in total. The van der Waals surface area contributed by atoms with E-state index in [0.717, 1.165) is 16.9 Å². The minimum Gasteiger partial charge on any atom is -0.496 e. The number of methoxy groups -OCH3 is 1. The predicted octanol–water partition coefficient (Wildman–Crippen LogP) is 3.66. The van der Waals surface area contributed by atoms with Gasteiger partial charge in [-0.05, 0) is 40.8 Å². The van der Waals surface area contributed by atoms with Crippen LogP contribution in [0.5, 0.6) is 17.2 Å². The topological polar surface area (TPSA) is 77.1 Å². The number of thiophene rings is 1. The molecule has 0 radical (unpaired) electrons. The van der Waals surface area contributed by atoms with Crippen LogP contribution in [-0.2, 0) is 11.3 Å². The number of carbonyl (C=O) groups is 2. The van der Waals surface area contributed by atoms with E-state index in [4.69, 9.17) is 14.2 Å². The number of carbonyl (C=O) groups excluding carboxylic acids is 2. The van der Waals surface area contributed by atoms with Crippen LogP contribution in [0.3, 0.4) is 0 Å². The summed E-state index contributed by atoms with van der Waals surface area (Å²) in [6, 6.07) is 17.0. The van der Waals surface area contributed by atoms with Crippen molar-refractivity contribution < 1.29 is 23.8 Å². The second-order valence-corrected chi connectivity index (χ2v) is 9.00. The number of para-hydroxylation sites is 1. The molecule has 0 saturated carbocycles. The minimum absolute atomic E-state index is 0.0454. The highest BCUT2D eigenvalue weighted by atomic mass is 32.1. The van der Waals surface area contributed by atoms with Crippen LogP contribution >= 0.6 is 11.3 Å². The maximum absolute atomic E-state index is 13.3. The summed E-state index contributed by atoms with van der Waals surface area (Å²) in [6.45, 7) is 1.39. The highest BCUT2D eigenvalue weighted by Crippen LogP contribution is 2.38. The largest absolute Gasteiger partial charge is 0.496 e. The van der Waals surface area contributed by atoms with Crippen LogP contribution in [0.2, 0.25) is 0 Å². The Morgan fingerprint density at radius 3 is 2.76 bits per heavy atom. The zero-order chi connectivity index (χ0) is 22.8. The normalized spacial score (nSPS) is 18.9. The first-order valence-corrected chi connectivity index (χ1v) is 11.6. The van der Waals surface area contributed by atoms with E-state index in [1.807, 2.05) is 60.0 Å². The first-order chi connectivity index (χ1) is 16.1. The monoisotopic (exact) mass is 464 g/mol. The summed E-state index contributed by atoms with van der Waals surface area (Å²) in [5.41, 5.74) is 1.86. The molecule has 2 aliphatic rings. The molecular formula is C25H24N2O5S. The van der Waals surface area contributed by atoms with Crippen molar-refractivity contribution in [2.24, 2.45) is 5.92 Å². The van der Waals surface area contributed by atoms with Crippen molar-refractivity contribution in [1.29, 1.82) is 0 Å². The molecule has 33 heavy (non-hydrogen) atoms. The number of nitrogens with zero attached hydrogens (tertiary/aromatic N) is 1. The smallest absolute Gasteiger partial charge is 0.263 e. The molecule has 3 aromatic rings. The first kappa shape index (κ1) is 21.3. The molecule has 0 aliphatic carbocycles. The van der Waals surface area contributed by atoms with E-state index in [-0.39, 0.29) is 30.4 Å². The lowest BCUT2D eigenvalue weighted by molar-refractivity contribution is -0.125. The first-order valence-electron chi connectivity index (χ1n) is 10.8. The predicted molar refractivity (Wildman–Crippen MR) is 124 cm³/mol. The number of benzene rings is 2. The van der Waals surface area contributed by atoms with E-state index in [9.17, 15) is 9.59 Å². The minimum atomic E-state index is -0.390. The Balaban J connectivity index is 1.36. The lowest BCUT2D eigenvalue weighted by Crippen LogP contribution is -2.35. The molecule has 1 N–H and O–H groups in total. The molecule has 0 unspecified atom stereocenters. The fourth-order valence-electron chi connectivity index (χ4n) is 4.45. The van der Waals surface area contributed by atoms with Crippen molar-refractivity contribution in [3.63, 3.8) is 0 Å². The molecule has 8 heteroatoms. The number of amides is 2. The summed E-state index contributed by atoms with van der Waals surface area (Å²) in [4.78, 5) is 28.8. The van der Waals surface area contributed by atoms with E-state index in [2.05, 4.69) is 5.32 Å². The van der Waals surface area contributed by atoms with Gasteiger partial charge in [0.1, 0.15) is 5.75 Å². The Hall–Kier alpha value is -3.52. The van der Waals surface area contributed by atoms with Gasteiger partial charge in [0.2, 0.25) is 12.7 Å². The third-order valence-electron chi connectivity index (χ3n) is 6.12. The van der Waals surface area contributed by atoms with Gasteiger partial charge in [0.25, 0.3) is 5.91 Å². The molecule has 2 aliphatic heterocycles. The zero-order valence-electron chi connectivity index (χ0n) is 18.2. The Labute approximate surface area is 195 Å². The lowest BCUT2D eigenvalue weighted by atomic mass is 9.87. The number of rotatable bonds is 6. The van der Waals surface area contributed by atoms with Crippen LogP contribution in [0.4, 0.5) is 0 Å². The Bertz CT molecular complexity index is 1160. The van der Waals surface area contributed by atoms with Gasteiger partial charge >= 0.3 is 0 Å². The standard InChI is InChI=1S/C25H24N2O5S/c1-30-20-6-3-2-5-17(20)18-13-27(25(29)23-7-4-10-33-23)14-19(18)24(28)26-12-16-8-9-21-22(11-16)32-15-31-21/h2-11,18-19H,12-15H2,1H3,(H,26,28)/t18-,19-/m0/s1. The second-order valence-electron chi connectivity index (χ2n) is 8.05. The molecule has 1 saturated heterocycles. The zero-order valence-corrected chi connectivity index (χ0v) is 19.0. The third-order valence-corrected chi connectivity index (χ3v) is 6.98. The number of fused-ring (bicyclic) bond motifs is 1. The summed E-state index contributed by atoms with van der Waals surface area (Å²) < 4.78 is 16.3. The molecule has 170 valence electrons. The third kappa shape index (κ3) is 4.26. The molecule has 2 amide bonds. The highest BCUT2D eigenvalue weighted by molar-refractivity contribution is 7.12. The van der Waals surface area contributed by atoms with E-state index >= 15 is 0 Å². The molecule has 0 bridgehead atoms. The van der Waals surface area contributed by atoms with Crippen molar-refractivity contribution in [3.8, 4) is 17.2 Å². The van der Waals surface area contributed by atoms with E-state index < -0.39 is 0 Å². The average Bonchev–Trinajstić information content (AvgIpc) is 3.62. The summed E-state index contributed by atoms with van der Waals surface area (Å²) in [7, 11) is 1.62. The van der Waals surface area contributed by atoms with Gasteiger partial charge in [-0.25, -0.2) is 0 Å². The van der Waals surface area contributed by atoms with Gasteiger partial charge in [0, 0.05) is 25.6 Å². The maximum atomic E-state index is 13.3. The van der Waals surface area contributed by atoms with Crippen molar-refractivity contribution in [2.75, 3.05) is 27.0 Å². The Morgan fingerprint density at radius 1 is 1.09 bits per heavy atom. The van der Waals surface area contributed by atoms with Gasteiger partial charge in [-0.3, -0.25) is 9.59 Å². The van der Waals surface area contributed by atoms with Gasteiger partial charge in [0.05, 0.1) is 17.9 Å². The number of ether oxygens (including phenoxy) is 3. The molecule has 2 aromatic carbocycles. The van der Waals surface area contributed by atoms with Crippen LogP contribution in [0.15, 0.2) is 60.0 Å². The summed E-state index contributed by atoms with van der Waals surface area (Å²) in [5, 5.41) is 4.94.